The van der Waals surface area contributed by atoms with Gasteiger partial charge in [0.1, 0.15) is 38.1 Å². The maximum Gasteiger partial charge on any atom is 0.333 e. The van der Waals surface area contributed by atoms with Crippen molar-refractivity contribution in [1.29, 1.82) is 5.26 Å². The molecule has 0 radical (unpaired) electrons. The number of hydrogen-bond donors (Lipinski definition) is 0. The first-order chi connectivity index (χ1) is 31.2. The van der Waals surface area contributed by atoms with Gasteiger partial charge in [-0.1, -0.05) is 86.9 Å². The van der Waals surface area contributed by atoms with Crippen molar-refractivity contribution in [3.63, 3.8) is 0 Å². The van der Waals surface area contributed by atoms with Crippen LogP contribution >= 0.6 is 47.0 Å². The lowest BCUT2D eigenvalue weighted by Crippen LogP contribution is -2.42. The highest BCUT2D eigenvalue weighted by atomic mass is 32.2. The quantitative estimate of drug-likeness (QED) is 0.0235. The monoisotopic (exact) mass is 1010 g/mol. The minimum Gasteiger partial charge on any atom is -0.462 e. The summed E-state index contributed by atoms with van der Waals surface area (Å²) in [5.41, 5.74) is 0.112. The number of fused-ring (bicyclic) bond motifs is 2. The molecule has 356 valence electrons. The van der Waals surface area contributed by atoms with Gasteiger partial charge in [0.15, 0.2) is 26.2 Å². The summed E-state index contributed by atoms with van der Waals surface area (Å²) >= 11 is 3.19. The maximum absolute atomic E-state index is 14.1. The number of sulfone groups is 1. The molecule has 0 unspecified atom stereocenters. The number of carbonyl (C=O) groups is 8. The molecular formula is C42H47N3O16S5. The smallest absolute Gasteiger partial charge is 0.333 e. The summed E-state index contributed by atoms with van der Waals surface area (Å²) in [6, 6.07) is 1.68. The summed E-state index contributed by atoms with van der Waals surface area (Å²) in [7, 11) is -4.14. The Morgan fingerprint density at radius 1 is 0.621 bits per heavy atom. The minimum absolute atomic E-state index is 0.0319. The van der Waals surface area contributed by atoms with E-state index in [0.717, 1.165) is 66.1 Å². The number of ether oxygens (including phenoxy) is 6. The minimum atomic E-state index is -4.14. The van der Waals surface area contributed by atoms with Crippen molar-refractivity contribution in [1.82, 2.24) is 10.0 Å². The topological polar surface area (TPSA) is 256 Å². The zero-order valence-corrected chi connectivity index (χ0v) is 40.8. The molecule has 0 spiro atoms. The van der Waals surface area contributed by atoms with Gasteiger partial charge >= 0.3 is 35.8 Å². The fourth-order valence-electron chi connectivity index (χ4n) is 5.57. The van der Waals surface area contributed by atoms with Gasteiger partial charge in [0.2, 0.25) is 0 Å². The fourth-order valence-corrected chi connectivity index (χ4v) is 12.4. The van der Waals surface area contributed by atoms with E-state index in [1.165, 1.54) is 23.9 Å². The normalized spacial score (nSPS) is 14.0. The van der Waals surface area contributed by atoms with Gasteiger partial charge < -0.3 is 28.4 Å². The number of esters is 6. The van der Waals surface area contributed by atoms with Crippen molar-refractivity contribution in [3.8, 4) is 17.6 Å². The fraction of sp³-hybridized carbons (Fsp3) is 0.452. The largest absolute Gasteiger partial charge is 0.462 e. The molecule has 24 heteroatoms. The van der Waals surface area contributed by atoms with E-state index < -0.39 is 88.1 Å². The van der Waals surface area contributed by atoms with Crippen molar-refractivity contribution in [2.75, 3.05) is 45.8 Å². The molecule has 3 heterocycles. The van der Waals surface area contributed by atoms with Crippen LogP contribution in [-0.4, -0.2) is 112 Å². The van der Waals surface area contributed by atoms with Gasteiger partial charge in [-0.25, -0.2) is 28.0 Å². The summed E-state index contributed by atoms with van der Waals surface area (Å²) in [5.74, 6) is -6.49. The second-order valence-corrected chi connectivity index (χ2v) is 20.9. The SMILES string of the molecule is C=C(C)C(=O)OCCOC(=O)CCC(=O)Oc1c2c(c(OC(=O)CCC(=O)OCCOC(=O)C(=C)C)c3c1SC(=C(C#N)S(C)(=O)=O)S3)SC(=C1C(=O)N(CCCC)N(CCCC)C1=O)S2. The van der Waals surface area contributed by atoms with Crippen LogP contribution in [0.4, 0.5) is 0 Å². The highest BCUT2D eigenvalue weighted by Gasteiger charge is 2.46. The Balaban J connectivity index is 1.75. The summed E-state index contributed by atoms with van der Waals surface area (Å²) in [4.78, 5) is 103. The van der Waals surface area contributed by atoms with Crippen LogP contribution in [0.25, 0.3) is 0 Å². The van der Waals surface area contributed by atoms with Crippen molar-refractivity contribution in [2.45, 2.75) is 98.6 Å². The molecule has 3 aliphatic heterocycles. The van der Waals surface area contributed by atoms with Gasteiger partial charge in [-0.3, -0.25) is 28.8 Å². The molecule has 4 rings (SSSR count). The first kappa shape index (κ1) is 53.4. The number of thioether (sulfide) groups is 4. The summed E-state index contributed by atoms with van der Waals surface area (Å²) < 4.78 is 57.3. The second-order valence-electron chi connectivity index (χ2n) is 14.3. The Bertz CT molecular complexity index is 2300. The molecule has 3 aliphatic rings. The van der Waals surface area contributed by atoms with Crippen LogP contribution in [0.1, 0.15) is 79.1 Å². The zero-order chi connectivity index (χ0) is 48.9. The molecule has 66 heavy (non-hydrogen) atoms. The summed E-state index contributed by atoms with van der Waals surface area (Å²) in [6.45, 7) is 13.1. The number of rotatable bonds is 23. The third-order valence-electron chi connectivity index (χ3n) is 8.87. The summed E-state index contributed by atoms with van der Waals surface area (Å²) in [5, 5.41) is 12.7. The van der Waals surface area contributed by atoms with Crippen LogP contribution in [0.5, 0.6) is 11.5 Å². The standard InChI is InChI=1S/C42H47N3O16S5/c1-8-10-16-44-37(50)30(38(51)45(44)17-11-9-2)42-64-35-31(60-28(48)14-12-26(46)56-18-20-58-39(52)23(3)4)33-34(63-41(62-33)25(22-43)66(7,54)55)32(36(35)65-42)61-29(49)15-13-27(47)57-19-21-59-40(53)24(5)6/h3,5,8-21H2,1-2,4,6-7H3. The highest BCUT2D eigenvalue weighted by Crippen LogP contribution is 2.69. The molecule has 1 aromatic carbocycles. The molecule has 2 amide bonds. The van der Waals surface area contributed by atoms with Gasteiger partial charge in [-0.05, 0) is 26.7 Å². The first-order valence-corrected chi connectivity index (χ1v) is 25.4. The molecule has 1 aromatic rings. The van der Waals surface area contributed by atoms with Crippen molar-refractivity contribution in [3.05, 3.63) is 43.3 Å². The lowest BCUT2D eigenvalue weighted by Gasteiger charge is -2.27. The molecule has 0 N–H and O–H groups in total. The van der Waals surface area contributed by atoms with Crippen LogP contribution in [0, 0.1) is 11.3 Å². The van der Waals surface area contributed by atoms with E-state index in [0.29, 0.717) is 12.8 Å². The van der Waals surface area contributed by atoms with Crippen molar-refractivity contribution >= 4 is 105 Å². The Morgan fingerprint density at radius 3 is 1.33 bits per heavy atom. The Kier molecular flexibility index (Phi) is 19.8. The highest BCUT2D eigenvalue weighted by molar-refractivity contribution is 8.26. The number of nitrogens with zero attached hydrogens (tertiary/aromatic N) is 3. The molecule has 0 atom stereocenters. The number of amides is 2. The predicted molar refractivity (Wildman–Crippen MR) is 241 cm³/mol. The van der Waals surface area contributed by atoms with E-state index >= 15 is 0 Å². The molecule has 0 saturated carbocycles. The third kappa shape index (κ3) is 13.9. The number of hydrogen-bond acceptors (Lipinski definition) is 21. The van der Waals surface area contributed by atoms with Gasteiger partial charge in [0.25, 0.3) is 11.8 Å². The number of benzene rings is 1. The Labute approximate surface area is 398 Å². The number of hydrazine groups is 1. The number of allylic oxidation sites excluding steroid dienone is 1. The maximum atomic E-state index is 14.1. The van der Waals surface area contributed by atoms with Gasteiger partial charge in [0, 0.05) is 30.5 Å². The Morgan fingerprint density at radius 2 is 0.985 bits per heavy atom. The average molecular weight is 1010 g/mol. The molecular weight excluding hydrogens is 963 g/mol. The lowest BCUT2D eigenvalue weighted by molar-refractivity contribution is -0.151. The van der Waals surface area contributed by atoms with E-state index in [1.54, 1.807) is 6.07 Å². The molecule has 1 fully saturated rings. The van der Waals surface area contributed by atoms with E-state index in [2.05, 4.69) is 13.2 Å². The van der Waals surface area contributed by atoms with Crippen LogP contribution < -0.4 is 9.47 Å². The van der Waals surface area contributed by atoms with Crippen LogP contribution in [0.15, 0.2) is 62.8 Å². The second kappa shape index (κ2) is 24.5. The van der Waals surface area contributed by atoms with E-state index in [4.69, 9.17) is 28.4 Å². The van der Waals surface area contributed by atoms with E-state index in [9.17, 15) is 52.0 Å². The number of carbonyl (C=O) groups excluding carboxylic acids is 8. The third-order valence-corrected chi connectivity index (χ3v) is 15.4. The van der Waals surface area contributed by atoms with Crippen LogP contribution in [0.2, 0.25) is 0 Å². The van der Waals surface area contributed by atoms with Gasteiger partial charge in [-0.15, -0.1) is 0 Å². The number of unbranched alkanes of at least 4 members (excludes halogenated alkanes) is 2. The summed E-state index contributed by atoms with van der Waals surface area (Å²) in [6.07, 6.45) is 1.48. The van der Waals surface area contributed by atoms with Crippen molar-refractivity contribution in [2.24, 2.45) is 0 Å². The van der Waals surface area contributed by atoms with Crippen molar-refractivity contribution < 1.29 is 75.2 Å². The Hall–Kier alpha value is -5.22. The van der Waals surface area contributed by atoms with Gasteiger partial charge in [-0.2, -0.15) is 5.26 Å². The van der Waals surface area contributed by atoms with Crippen LogP contribution in [-0.2, 0) is 67.1 Å². The molecule has 19 nitrogen and oxygen atoms in total. The van der Waals surface area contributed by atoms with Gasteiger partial charge in [0.05, 0.1) is 53.7 Å². The van der Waals surface area contributed by atoms with Crippen LogP contribution in [0.3, 0.4) is 0 Å². The number of nitriles is 1. The molecule has 1 saturated heterocycles. The molecule has 0 aliphatic carbocycles. The average Bonchev–Trinajstić information content (AvgIpc) is 3.95. The first-order valence-electron chi connectivity index (χ1n) is 20.3. The predicted octanol–water partition coefficient (Wildman–Crippen LogP) is 5.91. The lowest BCUT2D eigenvalue weighted by atomic mass is 10.3. The van der Waals surface area contributed by atoms with E-state index in [1.807, 2.05) is 13.8 Å². The van der Waals surface area contributed by atoms with E-state index in [-0.39, 0.29) is 95.8 Å². The zero-order valence-electron chi connectivity index (χ0n) is 36.7. The molecule has 0 aromatic heterocycles. The molecule has 0 bridgehead atoms.